The highest BCUT2D eigenvalue weighted by molar-refractivity contribution is 6.08. The predicted molar refractivity (Wildman–Crippen MR) is 206 cm³/mol. The zero-order valence-corrected chi connectivity index (χ0v) is 31.2. The standard InChI is InChI=1S/C41H49N5O9/c1-3-55-33-16-18-36-29(22-33)23-35(42-19-4-5-21-47)39(50)45(36)30-13-11-28(12-14-30)25-44-37-17-15-31(46(53)54)24-34(37)41(52,40(44)51)27(2)8-6-10-38(49)43-20-7-9-32(43)26-48/h6,8,11-18,22,24,27,32,35,42,47-48,52H,3-5,7,9-10,19-21,23,25-26H2,1-2H3/b8-6+/t27-,32-,35?,41+/m0/s1. The van der Waals surface area contributed by atoms with Crippen molar-refractivity contribution < 1.29 is 39.4 Å². The fourth-order valence-corrected chi connectivity index (χ4v) is 7.84. The molecule has 4 atom stereocenters. The molecule has 3 heterocycles. The first kappa shape index (κ1) is 39.5. The number of fused-ring (bicyclic) bond motifs is 2. The van der Waals surface area contributed by atoms with Crippen molar-refractivity contribution >= 4 is 40.5 Å². The maximum absolute atomic E-state index is 14.2. The average Bonchev–Trinajstić information content (AvgIpc) is 3.75. The van der Waals surface area contributed by atoms with E-state index in [4.69, 9.17) is 4.74 Å². The van der Waals surface area contributed by atoms with Crippen LogP contribution < -0.4 is 19.9 Å². The van der Waals surface area contributed by atoms with Crippen molar-refractivity contribution in [2.24, 2.45) is 5.92 Å². The van der Waals surface area contributed by atoms with Crippen LogP contribution in [0.2, 0.25) is 0 Å². The van der Waals surface area contributed by atoms with Crippen LogP contribution in [-0.4, -0.2) is 87.9 Å². The Kier molecular flexibility index (Phi) is 12.3. The minimum absolute atomic E-state index is 0.0150. The first-order valence-electron chi connectivity index (χ1n) is 18.9. The summed E-state index contributed by atoms with van der Waals surface area (Å²) in [6.07, 6.45) is 6.57. The molecule has 0 bridgehead atoms. The number of likely N-dealkylation sites (tertiary alicyclic amines) is 1. The number of non-ortho nitro benzene ring substituents is 1. The Balaban J connectivity index is 1.24. The first-order valence-corrected chi connectivity index (χ1v) is 18.9. The van der Waals surface area contributed by atoms with Gasteiger partial charge in [0, 0.05) is 48.9 Å². The van der Waals surface area contributed by atoms with Crippen molar-refractivity contribution in [1.82, 2.24) is 10.2 Å². The second kappa shape index (κ2) is 17.1. The molecule has 3 amide bonds. The number of nitrogens with zero attached hydrogens (tertiary/aromatic N) is 4. The van der Waals surface area contributed by atoms with Gasteiger partial charge in [-0.2, -0.15) is 0 Å². The van der Waals surface area contributed by atoms with Gasteiger partial charge in [-0.15, -0.1) is 0 Å². The van der Waals surface area contributed by atoms with E-state index < -0.39 is 28.4 Å². The smallest absolute Gasteiger partial charge is 0.269 e. The Morgan fingerprint density at radius 2 is 1.85 bits per heavy atom. The van der Waals surface area contributed by atoms with Crippen LogP contribution in [0.3, 0.4) is 0 Å². The van der Waals surface area contributed by atoms with Gasteiger partial charge in [-0.1, -0.05) is 31.2 Å². The van der Waals surface area contributed by atoms with Crippen molar-refractivity contribution in [3.8, 4) is 5.75 Å². The molecular formula is C41H49N5O9. The summed E-state index contributed by atoms with van der Waals surface area (Å²) in [5.74, 6) is -1.09. The molecule has 1 saturated heterocycles. The maximum Gasteiger partial charge on any atom is 0.269 e. The van der Waals surface area contributed by atoms with Crippen molar-refractivity contribution in [1.29, 1.82) is 0 Å². The molecule has 0 radical (unpaired) electrons. The number of aliphatic hydroxyl groups excluding tert-OH is 2. The van der Waals surface area contributed by atoms with Crippen molar-refractivity contribution in [3.63, 3.8) is 0 Å². The van der Waals surface area contributed by atoms with Crippen LogP contribution in [-0.2, 0) is 33.0 Å². The summed E-state index contributed by atoms with van der Waals surface area (Å²) in [7, 11) is 0. The van der Waals surface area contributed by atoms with Crippen LogP contribution in [0.15, 0.2) is 72.8 Å². The Hall–Kier alpha value is -5.15. The number of benzene rings is 3. The average molecular weight is 756 g/mol. The monoisotopic (exact) mass is 755 g/mol. The first-order chi connectivity index (χ1) is 26.5. The van der Waals surface area contributed by atoms with Gasteiger partial charge in [0.2, 0.25) is 11.8 Å². The summed E-state index contributed by atoms with van der Waals surface area (Å²) in [4.78, 5) is 56.9. The number of anilines is 3. The van der Waals surface area contributed by atoms with Gasteiger partial charge < -0.3 is 35.2 Å². The largest absolute Gasteiger partial charge is 0.494 e. The molecule has 1 fully saturated rings. The summed E-state index contributed by atoms with van der Waals surface area (Å²) >= 11 is 0. The molecule has 55 heavy (non-hydrogen) atoms. The van der Waals surface area contributed by atoms with Crippen molar-refractivity contribution in [2.45, 2.75) is 76.6 Å². The van der Waals surface area contributed by atoms with Gasteiger partial charge in [-0.25, -0.2) is 0 Å². The number of carbonyl (C=O) groups excluding carboxylic acids is 3. The van der Waals surface area contributed by atoms with Crippen molar-refractivity contribution in [2.75, 3.05) is 42.7 Å². The van der Waals surface area contributed by atoms with Gasteiger partial charge in [0.1, 0.15) is 5.75 Å². The van der Waals surface area contributed by atoms with E-state index >= 15 is 0 Å². The molecule has 3 aliphatic heterocycles. The number of nitro benzene ring substituents is 1. The Morgan fingerprint density at radius 3 is 2.56 bits per heavy atom. The summed E-state index contributed by atoms with van der Waals surface area (Å²) < 4.78 is 5.74. The number of nitrogens with one attached hydrogen (secondary N) is 1. The highest BCUT2D eigenvalue weighted by atomic mass is 16.6. The number of amides is 3. The number of ether oxygens (including phenoxy) is 1. The van der Waals surface area contributed by atoms with Gasteiger partial charge in [0.25, 0.3) is 11.6 Å². The lowest BCUT2D eigenvalue weighted by atomic mass is 9.82. The fraction of sp³-hybridized carbons (Fsp3) is 0.439. The normalized spacial score (nSPS) is 21.3. The fourth-order valence-electron chi connectivity index (χ4n) is 7.84. The molecule has 14 nitrogen and oxygen atoms in total. The molecule has 3 aromatic carbocycles. The van der Waals surface area contributed by atoms with Crippen LogP contribution in [0.1, 0.15) is 62.6 Å². The maximum atomic E-state index is 14.2. The lowest BCUT2D eigenvalue weighted by Gasteiger charge is -2.35. The predicted octanol–water partition coefficient (Wildman–Crippen LogP) is 4.25. The lowest BCUT2D eigenvalue weighted by Crippen LogP contribution is -2.49. The van der Waals surface area contributed by atoms with E-state index in [0.29, 0.717) is 55.2 Å². The molecule has 4 N–H and O–H groups in total. The quantitative estimate of drug-likeness (QED) is 0.0713. The third-order valence-electron chi connectivity index (χ3n) is 10.8. The summed E-state index contributed by atoms with van der Waals surface area (Å²) in [6, 6.07) is 16.1. The molecule has 1 unspecified atom stereocenters. The van der Waals surface area contributed by atoms with Gasteiger partial charge in [0.15, 0.2) is 5.60 Å². The molecule has 3 aliphatic rings. The molecule has 292 valence electrons. The summed E-state index contributed by atoms with van der Waals surface area (Å²) in [5.41, 5.74) is 1.01. The molecular weight excluding hydrogens is 706 g/mol. The number of hydrogen-bond donors (Lipinski definition) is 4. The zero-order valence-electron chi connectivity index (χ0n) is 31.2. The van der Waals surface area contributed by atoms with Gasteiger partial charge in [0.05, 0.1) is 48.1 Å². The minimum atomic E-state index is -2.15. The number of hydrogen-bond acceptors (Lipinski definition) is 10. The molecule has 6 rings (SSSR count). The van der Waals surface area contributed by atoms with E-state index in [9.17, 15) is 39.8 Å². The number of nitro groups is 1. The zero-order chi connectivity index (χ0) is 39.3. The van der Waals surface area contributed by atoms with E-state index in [1.165, 1.54) is 23.1 Å². The molecule has 14 heteroatoms. The lowest BCUT2D eigenvalue weighted by molar-refractivity contribution is -0.385. The molecule has 0 aromatic heterocycles. The van der Waals surface area contributed by atoms with Crippen LogP contribution >= 0.6 is 0 Å². The van der Waals surface area contributed by atoms with Crippen LogP contribution in [0.4, 0.5) is 22.7 Å². The van der Waals surface area contributed by atoms with E-state index in [2.05, 4.69) is 5.32 Å². The highest BCUT2D eigenvalue weighted by Crippen LogP contribution is 2.47. The Labute approximate surface area is 320 Å². The van der Waals surface area contributed by atoms with Crippen molar-refractivity contribution in [3.05, 3.63) is 99.6 Å². The van der Waals surface area contributed by atoms with Gasteiger partial charge in [-0.3, -0.25) is 29.4 Å². The Morgan fingerprint density at radius 1 is 1.09 bits per heavy atom. The number of unbranched alkanes of at least 4 members (excludes halogenated alkanes) is 1. The van der Waals surface area contributed by atoms with E-state index in [1.54, 1.807) is 53.1 Å². The topological polar surface area (TPSA) is 186 Å². The second-order valence-corrected chi connectivity index (χ2v) is 14.3. The highest BCUT2D eigenvalue weighted by Gasteiger charge is 2.53. The van der Waals surface area contributed by atoms with E-state index in [-0.39, 0.29) is 55.3 Å². The molecule has 0 aliphatic carbocycles. The van der Waals surface area contributed by atoms with Crippen LogP contribution in [0, 0.1) is 16.0 Å². The SMILES string of the molecule is CCOc1ccc2c(c1)CC(NCCCCO)C(=O)N2c1ccc(CN2C(=O)[C@@](O)([C@@H](C)/C=C/CC(=O)N3CCC[C@H]3CO)c3cc([N+](=O)[O-])ccc32)cc1. The van der Waals surface area contributed by atoms with Crippen LogP contribution in [0.25, 0.3) is 0 Å². The summed E-state index contributed by atoms with van der Waals surface area (Å²) in [5, 5.41) is 46.1. The number of aliphatic hydroxyl groups is 3. The van der Waals surface area contributed by atoms with E-state index in [1.807, 2.05) is 25.1 Å². The second-order valence-electron chi connectivity index (χ2n) is 14.3. The van der Waals surface area contributed by atoms with Gasteiger partial charge >= 0.3 is 0 Å². The minimum Gasteiger partial charge on any atom is -0.494 e. The number of carbonyl (C=O) groups is 3. The third kappa shape index (κ3) is 7.99. The number of rotatable bonds is 16. The van der Waals surface area contributed by atoms with Crippen LogP contribution in [0.5, 0.6) is 5.75 Å². The Bertz CT molecular complexity index is 1940. The van der Waals surface area contributed by atoms with Gasteiger partial charge in [-0.05, 0) is 93.1 Å². The summed E-state index contributed by atoms with van der Waals surface area (Å²) in [6.45, 7) is 5.18. The molecule has 3 aromatic rings. The molecule has 0 spiro atoms. The third-order valence-corrected chi connectivity index (χ3v) is 10.8. The molecule has 0 saturated carbocycles. The van der Waals surface area contributed by atoms with E-state index in [0.717, 1.165) is 30.5 Å².